The lowest BCUT2D eigenvalue weighted by Crippen LogP contribution is -1.99. The Kier molecular flexibility index (Phi) is 3.11. The summed E-state index contributed by atoms with van der Waals surface area (Å²) < 4.78 is 3.02. The highest BCUT2D eigenvalue weighted by Crippen LogP contribution is 2.26. The van der Waals surface area contributed by atoms with Crippen molar-refractivity contribution >= 4 is 34.2 Å². The second-order valence-corrected chi connectivity index (χ2v) is 6.01. The van der Waals surface area contributed by atoms with Gasteiger partial charge >= 0.3 is 0 Å². The van der Waals surface area contributed by atoms with Crippen LogP contribution in [0, 0.1) is 4.77 Å². The summed E-state index contributed by atoms with van der Waals surface area (Å²) in [5.41, 5.74) is 4.81. The number of imidazole rings is 1. The van der Waals surface area contributed by atoms with E-state index in [1.54, 1.807) is 5.57 Å². The number of allylic oxidation sites excluding steroid dienone is 2. The highest BCUT2D eigenvalue weighted by Gasteiger charge is 2.11. The fourth-order valence-corrected chi connectivity index (χ4v) is 3.52. The molecule has 0 spiro atoms. The number of hydrogen-bond acceptors (Lipinski definition) is 2. The zero-order chi connectivity index (χ0) is 14.2. The van der Waals surface area contributed by atoms with Crippen LogP contribution in [0.25, 0.3) is 21.9 Å². The Morgan fingerprint density at radius 2 is 2.19 bits per heavy atom. The quantitative estimate of drug-likeness (QED) is 0.559. The van der Waals surface area contributed by atoms with E-state index in [1.807, 2.05) is 12.3 Å². The van der Waals surface area contributed by atoms with E-state index in [0.29, 0.717) is 0 Å². The molecule has 0 radical (unpaired) electrons. The molecule has 0 atom stereocenters. The number of para-hydroxylation sites is 1. The monoisotopic (exact) mass is 295 g/mol. The molecule has 2 heterocycles. The Morgan fingerprint density at radius 1 is 1.29 bits per heavy atom. The molecule has 0 unspecified atom stereocenters. The number of aryl methyl sites for hydroxylation is 1. The van der Waals surface area contributed by atoms with Crippen LogP contribution in [0.2, 0.25) is 0 Å². The molecule has 1 N–H and O–H groups in total. The summed E-state index contributed by atoms with van der Waals surface area (Å²) in [6.07, 6.45) is 9.16. The molecule has 4 heteroatoms. The summed E-state index contributed by atoms with van der Waals surface area (Å²) in [5.74, 6) is 0. The molecule has 1 aliphatic rings. The Morgan fingerprint density at radius 3 is 3.05 bits per heavy atom. The molecule has 0 aliphatic heterocycles. The van der Waals surface area contributed by atoms with Gasteiger partial charge in [0.05, 0.1) is 22.7 Å². The van der Waals surface area contributed by atoms with Crippen LogP contribution in [0.3, 0.4) is 0 Å². The summed E-state index contributed by atoms with van der Waals surface area (Å²) in [5, 5.41) is 1.17. The first-order chi connectivity index (χ1) is 10.3. The van der Waals surface area contributed by atoms with E-state index >= 15 is 0 Å². The normalized spacial score (nSPS) is 15.0. The molecule has 1 aromatic carbocycles. The van der Waals surface area contributed by atoms with Crippen molar-refractivity contribution in [1.29, 1.82) is 0 Å². The standard InChI is InChI=1S/C17H17N3S/c21-17-19-15-11-18-14-8-4-3-7-13(14)16(15)20(17)10-9-12-5-1-2-6-12/h3-5,7-8,11H,1-2,6,9-10H2,(H,19,21). The van der Waals surface area contributed by atoms with Gasteiger partial charge < -0.3 is 9.55 Å². The molecule has 2 aromatic heterocycles. The average Bonchev–Trinajstić information content (AvgIpc) is 3.12. The van der Waals surface area contributed by atoms with E-state index in [9.17, 15) is 0 Å². The van der Waals surface area contributed by atoms with Gasteiger partial charge in [0.25, 0.3) is 0 Å². The maximum Gasteiger partial charge on any atom is 0.178 e. The summed E-state index contributed by atoms with van der Waals surface area (Å²) in [7, 11) is 0. The third-order valence-corrected chi connectivity index (χ3v) is 4.62. The van der Waals surface area contributed by atoms with Crippen LogP contribution in [-0.2, 0) is 6.54 Å². The molecule has 0 saturated carbocycles. The van der Waals surface area contributed by atoms with E-state index in [0.717, 1.165) is 28.8 Å². The second-order valence-electron chi connectivity index (χ2n) is 5.62. The third-order valence-electron chi connectivity index (χ3n) is 4.30. The van der Waals surface area contributed by atoms with Crippen molar-refractivity contribution in [3.05, 3.63) is 46.9 Å². The van der Waals surface area contributed by atoms with Crippen LogP contribution in [0.1, 0.15) is 25.7 Å². The molecule has 21 heavy (non-hydrogen) atoms. The molecular formula is C17H17N3S. The van der Waals surface area contributed by atoms with Gasteiger partial charge in [0.15, 0.2) is 4.77 Å². The maximum absolute atomic E-state index is 5.52. The molecule has 4 rings (SSSR count). The van der Waals surface area contributed by atoms with Gasteiger partial charge in [0, 0.05) is 11.9 Å². The minimum absolute atomic E-state index is 0.793. The molecule has 0 bridgehead atoms. The minimum atomic E-state index is 0.793. The average molecular weight is 295 g/mol. The van der Waals surface area contributed by atoms with Crippen molar-refractivity contribution in [3.8, 4) is 0 Å². The predicted octanol–water partition coefficient (Wildman–Crippen LogP) is 4.75. The first kappa shape index (κ1) is 12.8. The summed E-state index contributed by atoms with van der Waals surface area (Å²) >= 11 is 5.52. The number of benzene rings is 1. The van der Waals surface area contributed by atoms with E-state index < -0.39 is 0 Å². The van der Waals surface area contributed by atoms with Crippen LogP contribution in [0.15, 0.2) is 42.1 Å². The van der Waals surface area contributed by atoms with Gasteiger partial charge in [-0.05, 0) is 44.0 Å². The zero-order valence-electron chi connectivity index (χ0n) is 11.8. The maximum atomic E-state index is 5.52. The number of rotatable bonds is 3. The highest BCUT2D eigenvalue weighted by atomic mass is 32.1. The number of fused-ring (bicyclic) bond motifs is 3. The van der Waals surface area contributed by atoms with Gasteiger partial charge in [-0.15, -0.1) is 0 Å². The van der Waals surface area contributed by atoms with Gasteiger partial charge in [0.2, 0.25) is 0 Å². The predicted molar refractivity (Wildman–Crippen MR) is 89.0 cm³/mol. The number of aromatic amines is 1. The fourth-order valence-electron chi connectivity index (χ4n) is 3.23. The second kappa shape index (κ2) is 5.11. The van der Waals surface area contributed by atoms with Crippen LogP contribution >= 0.6 is 12.2 Å². The molecule has 0 amide bonds. The van der Waals surface area contributed by atoms with Gasteiger partial charge in [-0.2, -0.15) is 0 Å². The molecule has 106 valence electrons. The van der Waals surface area contributed by atoms with Crippen LogP contribution in [0.4, 0.5) is 0 Å². The Hall–Kier alpha value is -1.94. The number of aromatic nitrogens is 3. The van der Waals surface area contributed by atoms with E-state index in [-0.39, 0.29) is 0 Å². The van der Waals surface area contributed by atoms with Crippen molar-refractivity contribution in [1.82, 2.24) is 14.5 Å². The summed E-state index contributed by atoms with van der Waals surface area (Å²) in [4.78, 5) is 7.79. The van der Waals surface area contributed by atoms with Gasteiger partial charge in [-0.1, -0.05) is 29.8 Å². The Balaban J connectivity index is 1.84. The molecule has 3 nitrogen and oxygen atoms in total. The topological polar surface area (TPSA) is 33.6 Å². The van der Waals surface area contributed by atoms with Crippen LogP contribution < -0.4 is 0 Å². The Labute approximate surface area is 128 Å². The molecule has 3 aromatic rings. The minimum Gasteiger partial charge on any atom is -0.329 e. The number of H-pyrrole nitrogens is 1. The van der Waals surface area contributed by atoms with Crippen molar-refractivity contribution in [3.63, 3.8) is 0 Å². The van der Waals surface area contributed by atoms with Crippen molar-refractivity contribution in [2.24, 2.45) is 0 Å². The third kappa shape index (κ3) is 2.20. The lowest BCUT2D eigenvalue weighted by Gasteiger charge is -2.07. The molecule has 0 fully saturated rings. The number of nitrogens with zero attached hydrogens (tertiary/aromatic N) is 2. The smallest absolute Gasteiger partial charge is 0.178 e. The van der Waals surface area contributed by atoms with Gasteiger partial charge in [0.1, 0.15) is 0 Å². The number of hydrogen-bond donors (Lipinski definition) is 1. The van der Waals surface area contributed by atoms with E-state index in [2.05, 4.69) is 38.8 Å². The highest BCUT2D eigenvalue weighted by molar-refractivity contribution is 7.71. The first-order valence-corrected chi connectivity index (χ1v) is 7.88. The van der Waals surface area contributed by atoms with E-state index in [4.69, 9.17) is 12.2 Å². The summed E-state index contributed by atoms with van der Waals surface area (Å²) in [6, 6.07) is 8.26. The fraction of sp³-hybridized carbons (Fsp3) is 0.294. The SMILES string of the molecule is S=c1[nH]c2cnc3ccccc3c2n1CCC1=CCCC1. The van der Waals surface area contributed by atoms with Crippen molar-refractivity contribution in [2.75, 3.05) is 0 Å². The number of pyridine rings is 1. The lowest BCUT2D eigenvalue weighted by molar-refractivity contribution is 0.689. The van der Waals surface area contributed by atoms with Crippen LogP contribution in [0.5, 0.6) is 0 Å². The molecule has 1 aliphatic carbocycles. The van der Waals surface area contributed by atoms with Gasteiger partial charge in [-0.25, -0.2) is 0 Å². The largest absolute Gasteiger partial charge is 0.329 e. The van der Waals surface area contributed by atoms with Crippen LogP contribution in [-0.4, -0.2) is 14.5 Å². The van der Waals surface area contributed by atoms with E-state index in [1.165, 1.54) is 30.2 Å². The van der Waals surface area contributed by atoms with Gasteiger partial charge in [-0.3, -0.25) is 4.98 Å². The molecule has 0 saturated heterocycles. The zero-order valence-corrected chi connectivity index (χ0v) is 12.6. The summed E-state index contributed by atoms with van der Waals surface area (Å²) in [6.45, 7) is 0.943. The first-order valence-electron chi connectivity index (χ1n) is 7.47. The van der Waals surface area contributed by atoms with Crippen molar-refractivity contribution < 1.29 is 0 Å². The lowest BCUT2D eigenvalue weighted by atomic mass is 10.1. The molecular weight excluding hydrogens is 278 g/mol. The Bertz CT molecular complexity index is 901. The van der Waals surface area contributed by atoms with Crippen molar-refractivity contribution in [2.45, 2.75) is 32.2 Å². The number of nitrogens with one attached hydrogen (secondary N) is 1.